The molecule has 0 atom stereocenters. The predicted molar refractivity (Wildman–Crippen MR) is 84.6 cm³/mol. The van der Waals surface area contributed by atoms with Gasteiger partial charge in [0.2, 0.25) is 0 Å². The predicted octanol–water partition coefficient (Wildman–Crippen LogP) is 3.69. The summed E-state index contributed by atoms with van der Waals surface area (Å²) >= 11 is 6.04. The van der Waals surface area contributed by atoms with Crippen LogP contribution in [0, 0.1) is 6.92 Å². The fourth-order valence-electron chi connectivity index (χ4n) is 1.92. The minimum Gasteiger partial charge on any atom is -0.482 e. The van der Waals surface area contributed by atoms with Gasteiger partial charge in [-0.15, -0.1) is 0 Å². The van der Waals surface area contributed by atoms with E-state index < -0.39 is 0 Å². The second-order valence-corrected chi connectivity index (χ2v) is 5.37. The molecule has 0 saturated carbocycles. The molecular formula is C17H18ClNO2. The number of carbonyl (C=O) groups excluding carboxylic acids is 1. The van der Waals surface area contributed by atoms with E-state index in [2.05, 4.69) is 0 Å². The Hall–Kier alpha value is -2.00. The number of carbonyl (C=O) groups is 1. The van der Waals surface area contributed by atoms with E-state index in [0.717, 1.165) is 11.1 Å². The van der Waals surface area contributed by atoms with Crippen LogP contribution in [-0.2, 0) is 11.3 Å². The van der Waals surface area contributed by atoms with E-state index in [1.165, 1.54) is 0 Å². The molecule has 2 aromatic rings. The molecule has 0 aromatic heterocycles. The van der Waals surface area contributed by atoms with Gasteiger partial charge in [0, 0.05) is 13.6 Å². The van der Waals surface area contributed by atoms with Crippen molar-refractivity contribution in [2.45, 2.75) is 13.5 Å². The Bertz CT molecular complexity index is 613. The maximum absolute atomic E-state index is 12.1. The number of amides is 1. The quantitative estimate of drug-likeness (QED) is 0.843. The molecule has 1 amide bonds. The molecule has 0 aliphatic heterocycles. The first-order valence-corrected chi connectivity index (χ1v) is 7.11. The van der Waals surface area contributed by atoms with Crippen molar-refractivity contribution < 1.29 is 9.53 Å². The number of aryl methyl sites for hydroxylation is 1. The van der Waals surface area contributed by atoms with Crippen molar-refractivity contribution in [1.29, 1.82) is 0 Å². The lowest BCUT2D eigenvalue weighted by atomic mass is 10.2. The summed E-state index contributed by atoms with van der Waals surface area (Å²) in [6, 6.07) is 15.3. The van der Waals surface area contributed by atoms with Gasteiger partial charge in [0.05, 0.1) is 5.02 Å². The highest BCUT2D eigenvalue weighted by Crippen LogP contribution is 2.25. The van der Waals surface area contributed by atoms with Crippen molar-refractivity contribution in [3.05, 3.63) is 64.7 Å². The zero-order valence-corrected chi connectivity index (χ0v) is 12.9. The summed E-state index contributed by atoms with van der Waals surface area (Å²) in [6.07, 6.45) is 0. The van der Waals surface area contributed by atoms with Gasteiger partial charge in [0.15, 0.2) is 6.61 Å². The van der Waals surface area contributed by atoms with Crippen LogP contribution in [0.3, 0.4) is 0 Å². The Kier molecular flexibility index (Phi) is 5.23. The van der Waals surface area contributed by atoms with Crippen molar-refractivity contribution in [2.75, 3.05) is 13.7 Å². The molecule has 0 N–H and O–H groups in total. The molecule has 0 fully saturated rings. The van der Waals surface area contributed by atoms with Crippen molar-refractivity contribution in [3.8, 4) is 5.75 Å². The van der Waals surface area contributed by atoms with Gasteiger partial charge in [-0.3, -0.25) is 4.79 Å². The lowest BCUT2D eigenvalue weighted by molar-refractivity contribution is -0.132. The smallest absolute Gasteiger partial charge is 0.260 e. The van der Waals surface area contributed by atoms with Crippen molar-refractivity contribution in [2.24, 2.45) is 0 Å². The summed E-state index contributed by atoms with van der Waals surface area (Å²) in [5.74, 6) is 0.453. The van der Waals surface area contributed by atoms with E-state index >= 15 is 0 Å². The maximum atomic E-state index is 12.1. The SMILES string of the molecule is Cc1ccc(Cl)c(OCC(=O)N(C)Cc2ccccc2)c1. The topological polar surface area (TPSA) is 29.5 Å². The fraction of sp³-hybridized carbons (Fsp3) is 0.235. The molecule has 0 spiro atoms. The Balaban J connectivity index is 1.91. The fourth-order valence-corrected chi connectivity index (χ4v) is 2.09. The van der Waals surface area contributed by atoms with Crippen LogP contribution in [0.4, 0.5) is 0 Å². The summed E-state index contributed by atoms with van der Waals surface area (Å²) < 4.78 is 5.52. The van der Waals surface area contributed by atoms with Crippen LogP contribution in [0.1, 0.15) is 11.1 Å². The third kappa shape index (κ3) is 4.50. The summed E-state index contributed by atoms with van der Waals surface area (Å²) in [5, 5.41) is 0.513. The summed E-state index contributed by atoms with van der Waals surface area (Å²) in [6.45, 7) is 2.49. The first-order chi connectivity index (χ1) is 10.1. The summed E-state index contributed by atoms with van der Waals surface area (Å²) in [5.41, 5.74) is 2.13. The van der Waals surface area contributed by atoms with Crippen LogP contribution >= 0.6 is 11.6 Å². The number of benzene rings is 2. The first kappa shape index (κ1) is 15.4. The second kappa shape index (κ2) is 7.14. The molecule has 0 bridgehead atoms. The molecule has 0 unspecified atom stereocenters. The molecule has 3 nitrogen and oxygen atoms in total. The zero-order valence-electron chi connectivity index (χ0n) is 12.2. The molecule has 0 aliphatic rings. The Morgan fingerprint density at radius 2 is 1.90 bits per heavy atom. The molecule has 0 heterocycles. The minimum absolute atomic E-state index is 0.0213. The number of hydrogen-bond acceptors (Lipinski definition) is 2. The van der Waals surface area contributed by atoms with Gasteiger partial charge in [0.25, 0.3) is 5.91 Å². The molecule has 110 valence electrons. The number of ether oxygens (including phenoxy) is 1. The molecule has 21 heavy (non-hydrogen) atoms. The molecule has 0 saturated heterocycles. The van der Waals surface area contributed by atoms with Crippen LogP contribution in [0.5, 0.6) is 5.75 Å². The summed E-state index contributed by atoms with van der Waals surface area (Å²) in [7, 11) is 1.76. The average Bonchev–Trinajstić information content (AvgIpc) is 2.49. The minimum atomic E-state index is -0.0866. The standard InChI is InChI=1S/C17H18ClNO2/c1-13-8-9-15(18)16(10-13)21-12-17(20)19(2)11-14-6-4-3-5-7-14/h3-10H,11-12H2,1-2H3. The molecule has 2 rings (SSSR count). The first-order valence-electron chi connectivity index (χ1n) is 6.73. The van der Waals surface area contributed by atoms with E-state index in [1.54, 1.807) is 18.0 Å². The Morgan fingerprint density at radius 3 is 2.62 bits per heavy atom. The van der Waals surface area contributed by atoms with Gasteiger partial charge in [0.1, 0.15) is 5.75 Å². The lowest BCUT2D eigenvalue weighted by Gasteiger charge is -2.18. The van der Waals surface area contributed by atoms with Gasteiger partial charge in [-0.05, 0) is 30.2 Å². The third-order valence-corrected chi connectivity index (χ3v) is 3.44. The van der Waals surface area contributed by atoms with E-state index in [4.69, 9.17) is 16.3 Å². The molecule has 2 aromatic carbocycles. The number of rotatable bonds is 5. The normalized spacial score (nSPS) is 10.2. The van der Waals surface area contributed by atoms with Crippen LogP contribution in [0.25, 0.3) is 0 Å². The number of halogens is 1. The molecule has 0 radical (unpaired) electrons. The van der Waals surface area contributed by atoms with Crippen LogP contribution in [-0.4, -0.2) is 24.5 Å². The number of hydrogen-bond donors (Lipinski definition) is 0. The van der Waals surface area contributed by atoms with Crippen molar-refractivity contribution in [3.63, 3.8) is 0 Å². The number of nitrogens with zero attached hydrogens (tertiary/aromatic N) is 1. The number of likely N-dealkylation sites (N-methyl/N-ethyl adjacent to an activating group) is 1. The lowest BCUT2D eigenvalue weighted by Crippen LogP contribution is -2.30. The molecule has 0 aliphatic carbocycles. The average molecular weight is 304 g/mol. The third-order valence-electron chi connectivity index (χ3n) is 3.13. The summed E-state index contributed by atoms with van der Waals surface area (Å²) in [4.78, 5) is 13.7. The monoisotopic (exact) mass is 303 g/mol. The highest BCUT2D eigenvalue weighted by Gasteiger charge is 2.11. The van der Waals surface area contributed by atoms with Gasteiger partial charge in [-0.25, -0.2) is 0 Å². The van der Waals surface area contributed by atoms with E-state index in [1.807, 2.05) is 49.4 Å². The van der Waals surface area contributed by atoms with Crippen LogP contribution < -0.4 is 4.74 Å². The highest BCUT2D eigenvalue weighted by molar-refractivity contribution is 6.32. The van der Waals surface area contributed by atoms with Crippen molar-refractivity contribution >= 4 is 17.5 Å². The zero-order chi connectivity index (χ0) is 15.2. The van der Waals surface area contributed by atoms with E-state index in [-0.39, 0.29) is 12.5 Å². The Labute approximate surface area is 130 Å². The van der Waals surface area contributed by atoms with Gasteiger partial charge in [-0.1, -0.05) is 48.0 Å². The largest absolute Gasteiger partial charge is 0.482 e. The second-order valence-electron chi connectivity index (χ2n) is 4.96. The Morgan fingerprint density at radius 1 is 1.19 bits per heavy atom. The van der Waals surface area contributed by atoms with Crippen LogP contribution in [0.2, 0.25) is 5.02 Å². The maximum Gasteiger partial charge on any atom is 0.260 e. The van der Waals surface area contributed by atoms with Gasteiger partial charge < -0.3 is 9.64 Å². The van der Waals surface area contributed by atoms with Gasteiger partial charge in [-0.2, -0.15) is 0 Å². The van der Waals surface area contributed by atoms with E-state index in [9.17, 15) is 4.79 Å². The van der Waals surface area contributed by atoms with E-state index in [0.29, 0.717) is 17.3 Å². The highest BCUT2D eigenvalue weighted by atomic mass is 35.5. The van der Waals surface area contributed by atoms with Gasteiger partial charge >= 0.3 is 0 Å². The molecular weight excluding hydrogens is 286 g/mol. The van der Waals surface area contributed by atoms with Crippen molar-refractivity contribution in [1.82, 2.24) is 4.90 Å². The molecule has 4 heteroatoms. The van der Waals surface area contributed by atoms with Crippen LogP contribution in [0.15, 0.2) is 48.5 Å².